The van der Waals surface area contributed by atoms with Crippen LogP contribution in [0.15, 0.2) is 18.2 Å². The van der Waals surface area contributed by atoms with Crippen molar-refractivity contribution in [3.8, 4) is 0 Å². The number of ether oxygens (including phenoxy) is 1. The largest absolute Gasteiger partial charge is 0.399 e. The topological polar surface area (TPSA) is 53.1 Å². The van der Waals surface area contributed by atoms with Gasteiger partial charge in [-0.15, -0.1) is 0 Å². The molecule has 1 aliphatic heterocycles. The van der Waals surface area contributed by atoms with Crippen molar-refractivity contribution >= 4 is 16.7 Å². The van der Waals surface area contributed by atoms with Crippen LogP contribution in [0.3, 0.4) is 0 Å². The van der Waals surface area contributed by atoms with Crippen LogP contribution in [0.4, 0.5) is 5.69 Å². The number of fused-ring (bicyclic) bond motifs is 1. The monoisotopic (exact) mass is 271 g/mol. The summed E-state index contributed by atoms with van der Waals surface area (Å²) in [5.41, 5.74) is 8.91. The zero-order valence-corrected chi connectivity index (χ0v) is 11.7. The van der Waals surface area contributed by atoms with E-state index in [1.165, 1.54) is 43.4 Å². The van der Waals surface area contributed by atoms with Gasteiger partial charge in [-0.1, -0.05) is 0 Å². The summed E-state index contributed by atoms with van der Waals surface area (Å²) in [6.45, 7) is 1.84. The normalized spacial score (nSPS) is 23.3. The average molecular weight is 271 g/mol. The highest BCUT2D eigenvalue weighted by molar-refractivity contribution is 5.79. The zero-order valence-electron chi connectivity index (χ0n) is 11.7. The van der Waals surface area contributed by atoms with Gasteiger partial charge in [0, 0.05) is 18.2 Å². The minimum atomic E-state index is 0.344. The van der Waals surface area contributed by atoms with Crippen LogP contribution in [0.5, 0.6) is 0 Å². The number of nitrogens with zero attached hydrogens (tertiary/aromatic N) is 2. The van der Waals surface area contributed by atoms with Gasteiger partial charge in [0.15, 0.2) is 0 Å². The second-order valence-electron chi connectivity index (χ2n) is 6.09. The van der Waals surface area contributed by atoms with Crippen molar-refractivity contribution < 1.29 is 4.74 Å². The molecule has 1 saturated heterocycles. The fraction of sp³-hybridized carbons (Fsp3) is 0.562. The molecule has 0 amide bonds. The maximum Gasteiger partial charge on any atom is 0.113 e. The lowest BCUT2D eigenvalue weighted by Crippen LogP contribution is -2.25. The lowest BCUT2D eigenvalue weighted by atomic mass is 10.1. The summed E-state index contributed by atoms with van der Waals surface area (Å²) in [4.78, 5) is 4.83. The molecule has 2 heterocycles. The van der Waals surface area contributed by atoms with E-state index in [0.717, 1.165) is 24.4 Å². The number of imidazole rings is 1. The van der Waals surface area contributed by atoms with Crippen LogP contribution >= 0.6 is 0 Å². The van der Waals surface area contributed by atoms with Crippen molar-refractivity contribution in [1.29, 1.82) is 0 Å². The number of aromatic nitrogens is 2. The Balaban J connectivity index is 1.73. The van der Waals surface area contributed by atoms with Gasteiger partial charge in [-0.2, -0.15) is 0 Å². The molecule has 2 fully saturated rings. The molecule has 0 bridgehead atoms. The quantitative estimate of drug-likeness (QED) is 0.873. The molecule has 4 nitrogen and oxygen atoms in total. The highest BCUT2D eigenvalue weighted by Gasteiger charge is 2.30. The van der Waals surface area contributed by atoms with Gasteiger partial charge < -0.3 is 15.0 Å². The summed E-state index contributed by atoms with van der Waals surface area (Å²) in [6.07, 6.45) is 6.53. The fourth-order valence-corrected chi connectivity index (χ4v) is 3.17. The van der Waals surface area contributed by atoms with Crippen LogP contribution in [0.2, 0.25) is 0 Å². The van der Waals surface area contributed by atoms with Crippen LogP contribution in [0.1, 0.15) is 43.8 Å². The standard InChI is InChI=1S/C16H21N3O/c17-12-6-7-15-14(9-12)18-16(11-4-5-11)19(15)10-13-3-1-2-8-20-13/h6-7,9,11,13H,1-5,8,10,17H2. The number of hydrogen-bond acceptors (Lipinski definition) is 3. The Bertz CT molecular complexity index is 624. The van der Waals surface area contributed by atoms with Crippen LogP contribution in [0, 0.1) is 0 Å². The van der Waals surface area contributed by atoms with Crippen LogP contribution in [-0.4, -0.2) is 22.3 Å². The molecule has 1 atom stereocenters. The first-order valence-corrected chi connectivity index (χ1v) is 7.68. The summed E-state index contributed by atoms with van der Waals surface area (Å²) >= 11 is 0. The molecule has 106 valence electrons. The van der Waals surface area contributed by atoms with Gasteiger partial charge in [-0.05, 0) is 50.3 Å². The van der Waals surface area contributed by atoms with Gasteiger partial charge in [0.25, 0.3) is 0 Å². The van der Waals surface area contributed by atoms with Crippen molar-refractivity contribution in [3.05, 3.63) is 24.0 Å². The molecule has 4 heteroatoms. The number of nitrogens with two attached hydrogens (primary N) is 1. The van der Waals surface area contributed by atoms with Gasteiger partial charge >= 0.3 is 0 Å². The molecule has 0 spiro atoms. The number of benzene rings is 1. The molecule has 2 N–H and O–H groups in total. The SMILES string of the molecule is Nc1ccc2c(c1)nc(C1CC1)n2CC1CCCCO1. The van der Waals surface area contributed by atoms with E-state index in [2.05, 4.69) is 10.6 Å². The van der Waals surface area contributed by atoms with E-state index in [-0.39, 0.29) is 0 Å². The highest BCUT2D eigenvalue weighted by Crippen LogP contribution is 2.41. The average Bonchev–Trinajstić information content (AvgIpc) is 3.24. The second-order valence-corrected chi connectivity index (χ2v) is 6.09. The minimum absolute atomic E-state index is 0.344. The van der Waals surface area contributed by atoms with Gasteiger partial charge in [0.2, 0.25) is 0 Å². The number of rotatable bonds is 3. The van der Waals surface area contributed by atoms with E-state index in [0.29, 0.717) is 12.0 Å². The molecule has 1 aromatic heterocycles. The first-order chi connectivity index (χ1) is 9.81. The van der Waals surface area contributed by atoms with Crippen molar-refractivity contribution in [2.75, 3.05) is 12.3 Å². The number of nitrogen functional groups attached to an aromatic ring is 1. The third kappa shape index (κ3) is 2.18. The smallest absolute Gasteiger partial charge is 0.113 e. The predicted molar refractivity (Wildman–Crippen MR) is 79.7 cm³/mol. The van der Waals surface area contributed by atoms with Gasteiger partial charge in [-0.3, -0.25) is 0 Å². The summed E-state index contributed by atoms with van der Waals surface area (Å²) in [5.74, 6) is 1.88. The van der Waals surface area contributed by atoms with Crippen molar-refractivity contribution in [2.45, 2.75) is 50.7 Å². The first kappa shape index (κ1) is 12.2. The van der Waals surface area contributed by atoms with Gasteiger partial charge in [-0.25, -0.2) is 4.98 Å². The maximum absolute atomic E-state index is 5.91. The molecule has 2 aromatic rings. The lowest BCUT2D eigenvalue weighted by molar-refractivity contribution is 0.00619. The molecule has 0 radical (unpaired) electrons. The van der Waals surface area contributed by atoms with Crippen LogP contribution in [-0.2, 0) is 11.3 Å². The lowest BCUT2D eigenvalue weighted by Gasteiger charge is -2.24. The Morgan fingerprint density at radius 2 is 2.15 bits per heavy atom. The van der Waals surface area contributed by atoms with Crippen molar-refractivity contribution in [1.82, 2.24) is 9.55 Å². The number of hydrogen-bond donors (Lipinski definition) is 1. The van der Waals surface area contributed by atoms with Crippen molar-refractivity contribution in [2.24, 2.45) is 0 Å². The zero-order chi connectivity index (χ0) is 13.5. The van der Waals surface area contributed by atoms with E-state index in [1.807, 2.05) is 12.1 Å². The van der Waals surface area contributed by atoms with E-state index in [4.69, 9.17) is 15.5 Å². The molecular formula is C16H21N3O. The van der Waals surface area contributed by atoms with Gasteiger partial charge in [0.1, 0.15) is 5.82 Å². The Morgan fingerprint density at radius 3 is 2.90 bits per heavy atom. The molecule has 2 aliphatic rings. The van der Waals surface area contributed by atoms with Crippen LogP contribution < -0.4 is 5.73 Å². The summed E-state index contributed by atoms with van der Waals surface area (Å²) < 4.78 is 8.28. The molecule has 1 aliphatic carbocycles. The Hall–Kier alpha value is -1.55. The molecule has 1 aromatic carbocycles. The maximum atomic E-state index is 5.91. The second kappa shape index (κ2) is 4.77. The van der Waals surface area contributed by atoms with E-state index in [9.17, 15) is 0 Å². The van der Waals surface area contributed by atoms with Crippen molar-refractivity contribution in [3.63, 3.8) is 0 Å². The van der Waals surface area contributed by atoms with E-state index >= 15 is 0 Å². The Kier molecular flexibility index (Phi) is 2.91. The minimum Gasteiger partial charge on any atom is -0.399 e. The van der Waals surface area contributed by atoms with E-state index in [1.54, 1.807) is 0 Å². The highest BCUT2D eigenvalue weighted by atomic mass is 16.5. The summed E-state index contributed by atoms with van der Waals surface area (Å²) in [5, 5.41) is 0. The fourth-order valence-electron chi connectivity index (χ4n) is 3.17. The van der Waals surface area contributed by atoms with Crippen LogP contribution in [0.25, 0.3) is 11.0 Å². The molecule has 4 rings (SSSR count). The van der Waals surface area contributed by atoms with E-state index < -0.39 is 0 Å². The molecular weight excluding hydrogens is 250 g/mol. The molecule has 1 saturated carbocycles. The first-order valence-electron chi connectivity index (χ1n) is 7.68. The summed E-state index contributed by atoms with van der Waals surface area (Å²) in [6, 6.07) is 6.06. The molecule has 1 unspecified atom stereocenters. The Morgan fingerprint density at radius 1 is 1.25 bits per heavy atom. The Labute approximate surface area is 118 Å². The summed E-state index contributed by atoms with van der Waals surface area (Å²) in [7, 11) is 0. The predicted octanol–water partition coefficient (Wildman–Crippen LogP) is 3.07. The third-order valence-corrected chi connectivity index (χ3v) is 4.40. The number of anilines is 1. The third-order valence-electron chi connectivity index (χ3n) is 4.40. The molecule has 20 heavy (non-hydrogen) atoms. The van der Waals surface area contributed by atoms with Gasteiger partial charge in [0.05, 0.1) is 23.7 Å².